The number of carbonyl (C=O) groups is 4. The summed E-state index contributed by atoms with van der Waals surface area (Å²) in [4.78, 5) is 62.2. The predicted octanol–water partition coefficient (Wildman–Crippen LogP) is 14.4. The third kappa shape index (κ3) is 17.6. The molecule has 0 saturated heterocycles. The van der Waals surface area contributed by atoms with Gasteiger partial charge in [-0.2, -0.15) is 0 Å². The Morgan fingerprint density at radius 3 is 0.525 bits per heavy atom. The van der Waals surface area contributed by atoms with Crippen molar-refractivity contribution in [1.82, 2.24) is 0 Å². The van der Waals surface area contributed by atoms with Gasteiger partial charge in [-0.25, -0.2) is 0 Å². The molecule has 0 fully saturated rings. The van der Waals surface area contributed by atoms with E-state index in [1.807, 2.05) is 263 Å². The zero-order valence-corrected chi connectivity index (χ0v) is 49.2. The number of carbonyl (C=O) groups excluding carboxylic acids is 4. The first-order valence-corrected chi connectivity index (χ1v) is 27.7. The van der Waals surface area contributed by atoms with E-state index >= 15 is 0 Å². The fourth-order valence-electron chi connectivity index (χ4n) is 8.82. The lowest BCUT2D eigenvalue weighted by molar-refractivity contribution is 0.103. The summed E-state index contributed by atoms with van der Waals surface area (Å²) in [5.74, 6) is 0.274. The normalized spacial score (nSPS) is 10.2. The monoisotopic (exact) mass is 1070 g/mol. The van der Waals surface area contributed by atoms with E-state index in [9.17, 15) is 19.2 Å². The number of benzene rings is 8. The van der Waals surface area contributed by atoms with Gasteiger partial charge in [-0.15, -0.1) is 0 Å². The molecular weight excluding hydrogens is 989 g/mol. The van der Waals surface area contributed by atoms with Gasteiger partial charge in [-0.1, -0.05) is 60.7 Å². The maximum Gasteiger partial charge on any atom is 0.193 e. The van der Waals surface area contributed by atoms with Gasteiger partial charge in [-0.3, -0.25) is 19.2 Å². The van der Waals surface area contributed by atoms with E-state index in [1.54, 1.807) is 0 Å². The molecule has 0 aliphatic carbocycles. The molecular formula is C70H82N6O4. The molecule has 0 unspecified atom stereocenters. The standard InChI is InChI=1S/C21H28N2O.C17H20N2O.C17H19NO.C15H15NO/c1-5-22(6-2)19-13-9-17(10-14-19)21(24)18-11-15-20(16-12-18)23(7-3)8-4;1-18(2)15-9-5-13(6-10-15)17(20)14-7-11-16(12-8-14)19(3)4;1-3-18(4-2)16-12-10-15(11-13-16)17(19)14-8-6-5-7-9-14;1-16(2)14-10-8-13(9-11-14)15(17)12-6-4-3-5-7-12/h9-16H,5-8H2,1-4H3;5-12H,1-4H3;5-13H,3-4H2,1-2H3;3-11H,1-2H3. The van der Waals surface area contributed by atoms with Crippen molar-refractivity contribution in [3.8, 4) is 0 Å². The first-order chi connectivity index (χ1) is 38.6. The fourth-order valence-corrected chi connectivity index (χ4v) is 8.82. The molecule has 0 N–H and O–H groups in total. The van der Waals surface area contributed by atoms with Crippen LogP contribution >= 0.6 is 0 Å². The van der Waals surface area contributed by atoms with E-state index in [1.165, 1.54) is 0 Å². The molecule has 10 nitrogen and oxygen atoms in total. The van der Waals surface area contributed by atoms with Crippen molar-refractivity contribution in [3.05, 3.63) is 251 Å². The second-order valence-corrected chi connectivity index (χ2v) is 19.5. The van der Waals surface area contributed by atoms with Crippen LogP contribution in [0.2, 0.25) is 0 Å². The summed E-state index contributed by atoms with van der Waals surface area (Å²) in [5, 5.41) is 0. The molecule has 0 amide bonds. The zero-order valence-electron chi connectivity index (χ0n) is 49.2. The quantitative estimate of drug-likeness (QED) is 0.0688. The molecule has 8 rings (SSSR count). The molecule has 0 bridgehead atoms. The molecule has 0 aliphatic rings. The Labute approximate surface area is 477 Å². The highest BCUT2D eigenvalue weighted by atomic mass is 16.1. The predicted molar refractivity (Wildman–Crippen MR) is 339 cm³/mol. The molecule has 0 heterocycles. The van der Waals surface area contributed by atoms with Crippen LogP contribution in [0.1, 0.15) is 105 Å². The molecule has 80 heavy (non-hydrogen) atoms. The van der Waals surface area contributed by atoms with Crippen molar-refractivity contribution in [2.45, 2.75) is 41.5 Å². The highest BCUT2D eigenvalue weighted by Gasteiger charge is 2.14. The van der Waals surface area contributed by atoms with Gasteiger partial charge in [0.15, 0.2) is 23.1 Å². The van der Waals surface area contributed by atoms with E-state index < -0.39 is 0 Å². The Hall–Kier alpha value is -8.76. The van der Waals surface area contributed by atoms with Crippen LogP contribution in [0.5, 0.6) is 0 Å². The number of ketones is 4. The molecule has 0 spiro atoms. The van der Waals surface area contributed by atoms with Crippen LogP contribution in [-0.2, 0) is 0 Å². The van der Waals surface area contributed by atoms with Crippen molar-refractivity contribution < 1.29 is 19.2 Å². The molecule has 0 saturated carbocycles. The van der Waals surface area contributed by atoms with Crippen LogP contribution in [0.3, 0.4) is 0 Å². The summed E-state index contributed by atoms with van der Waals surface area (Å²) in [6.45, 7) is 18.6. The van der Waals surface area contributed by atoms with Gasteiger partial charge in [0.2, 0.25) is 0 Å². The van der Waals surface area contributed by atoms with E-state index in [-0.39, 0.29) is 23.1 Å². The van der Waals surface area contributed by atoms with Gasteiger partial charge in [0, 0.05) is 160 Å². The van der Waals surface area contributed by atoms with E-state index in [4.69, 9.17) is 0 Å². The van der Waals surface area contributed by atoms with Crippen molar-refractivity contribution in [2.24, 2.45) is 0 Å². The lowest BCUT2D eigenvalue weighted by Crippen LogP contribution is -2.22. The van der Waals surface area contributed by atoms with Crippen molar-refractivity contribution in [1.29, 1.82) is 0 Å². The van der Waals surface area contributed by atoms with Crippen LogP contribution in [0.25, 0.3) is 0 Å². The lowest BCUT2D eigenvalue weighted by Gasteiger charge is -2.21. The SMILES string of the molecule is CCN(CC)c1ccc(C(=O)c2ccc(N(CC)CC)cc2)cc1.CCN(CC)c1ccc(C(=O)c2ccccc2)cc1.CN(C)c1ccc(C(=O)c2ccc(N(C)C)cc2)cc1.CN(C)c1ccc(C(=O)c2ccccc2)cc1. The molecule has 8 aromatic carbocycles. The Balaban J connectivity index is 0.000000197. The summed E-state index contributed by atoms with van der Waals surface area (Å²) in [6.07, 6.45) is 0. The minimum atomic E-state index is 0.0561. The Kier molecular flexibility index (Phi) is 24.5. The van der Waals surface area contributed by atoms with Crippen LogP contribution in [0, 0.1) is 0 Å². The smallest absolute Gasteiger partial charge is 0.193 e. The average Bonchev–Trinajstić information content (AvgIpc) is 3.51. The van der Waals surface area contributed by atoms with Gasteiger partial charge in [0.05, 0.1) is 0 Å². The average molecular weight is 1070 g/mol. The molecule has 0 aromatic heterocycles. The van der Waals surface area contributed by atoms with Gasteiger partial charge in [0.1, 0.15) is 0 Å². The second kappa shape index (κ2) is 31.6. The van der Waals surface area contributed by atoms with Crippen LogP contribution < -0.4 is 29.4 Å². The van der Waals surface area contributed by atoms with Gasteiger partial charge in [-0.05, 0) is 187 Å². The first-order valence-electron chi connectivity index (χ1n) is 27.7. The van der Waals surface area contributed by atoms with Crippen molar-refractivity contribution in [2.75, 3.05) is 111 Å². The number of nitrogens with zero attached hydrogens (tertiary/aromatic N) is 6. The van der Waals surface area contributed by atoms with Crippen molar-refractivity contribution >= 4 is 57.3 Å². The van der Waals surface area contributed by atoms with Crippen LogP contribution in [-0.4, -0.2) is 105 Å². The number of rotatable bonds is 20. The third-order valence-electron chi connectivity index (χ3n) is 13.8. The van der Waals surface area contributed by atoms with Crippen LogP contribution in [0.4, 0.5) is 34.1 Å². The molecule has 0 aliphatic heterocycles. The Morgan fingerprint density at radius 1 is 0.225 bits per heavy atom. The van der Waals surface area contributed by atoms with Gasteiger partial charge >= 0.3 is 0 Å². The highest BCUT2D eigenvalue weighted by Crippen LogP contribution is 2.23. The summed E-state index contributed by atoms with van der Waals surface area (Å²) in [7, 11) is 11.9. The topological polar surface area (TPSA) is 87.7 Å². The summed E-state index contributed by atoms with van der Waals surface area (Å²) in [6, 6.07) is 65.4. The second-order valence-electron chi connectivity index (χ2n) is 19.5. The maximum absolute atomic E-state index is 12.7. The van der Waals surface area contributed by atoms with E-state index in [2.05, 4.69) is 56.2 Å². The largest absolute Gasteiger partial charge is 0.378 e. The van der Waals surface area contributed by atoms with Crippen LogP contribution in [0.15, 0.2) is 206 Å². The first kappa shape index (κ1) is 62.1. The summed E-state index contributed by atoms with van der Waals surface area (Å²) in [5.41, 5.74) is 12.6. The lowest BCUT2D eigenvalue weighted by atomic mass is 10.0. The Bertz CT molecular complexity index is 3000. The fraction of sp³-hybridized carbons (Fsp3) is 0.257. The van der Waals surface area contributed by atoms with E-state index in [0.717, 1.165) is 107 Å². The number of anilines is 6. The number of hydrogen-bond acceptors (Lipinski definition) is 10. The maximum atomic E-state index is 12.7. The highest BCUT2D eigenvalue weighted by molar-refractivity contribution is 6.11. The Morgan fingerprint density at radius 2 is 0.375 bits per heavy atom. The molecule has 0 atom stereocenters. The molecule has 8 aromatic rings. The van der Waals surface area contributed by atoms with Gasteiger partial charge < -0.3 is 29.4 Å². The minimum absolute atomic E-state index is 0.0561. The van der Waals surface area contributed by atoms with E-state index in [0.29, 0.717) is 11.1 Å². The van der Waals surface area contributed by atoms with Gasteiger partial charge in [0.25, 0.3) is 0 Å². The number of hydrogen-bond donors (Lipinski definition) is 0. The minimum Gasteiger partial charge on any atom is -0.378 e. The molecule has 0 radical (unpaired) electrons. The zero-order chi connectivity index (χ0) is 58.1. The molecule has 10 heteroatoms. The molecule has 416 valence electrons. The van der Waals surface area contributed by atoms with Crippen molar-refractivity contribution in [3.63, 3.8) is 0 Å². The third-order valence-corrected chi connectivity index (χ3v) is 13.8. The summed E-state index contributed by atoms with van der Waals surface area (Å²) >= 11 is 0. The summed E-state index contributed by atoms with van der Waals surface area (Å²) < 4.78 is 0.